The lowest BCUT2D eigenvalue weighted by Crippen LogP contribution is -2.53. The van der Waals surface area contributed by atoms with Crippen molar-refractivity contribution >= 4 is 0 Å². The molecule has 3 heteroatoms. The lowest BCUT2D eigenvalue weighted by atomic mass is 9.93. The van der Waals surface area contributed by atoms with E-state index in [0.29, 0.717) is 18.1 Å². The molecule has 0 aromatic carbocycles. The number of rotatable bonds is 4. The summed E-state index contributed by atoms with van der Waals surface area (Å²) < 4.78 is 5.51. The Balaban J connectivity index is 2.50. The lowest BCUT2D eigenvalue weighted by Gasteiger charge is -2.41. The fraction of sp³-hybridized carbons (Fsp3) is 1.00. The summed E-state index contributed by atoms with van der Waals surface area (Å²) in [5.41, 5.74) is 6.09. The van der Waals surface area contributed by atoms with E-state index in [-0.39, 0.29) is 6.04 Å². The summed E-state index contributed by atoms with van der Waals surface area (Å²) >= 11 is 0. The van der Waals surface area contributed by atoms with Crippen molar-refractivity contribution < 1.29 is 4.74 Å². The fourth-order valence-electron chi connectivity index (χ4n) is 2.35. The average Bonchev–Trinajstić information content (AvgIpc) is 2.27. The molecule has 1 rings (SSSR count). The van der Waals surface area contributed by atoms with Gasteiger partial charge in [0.25, 0.3) is 0 Å². The molecule has 1 aliphatic rings. The molecule has 1 aliphatic heterocycles. The first-order valence-electron chi connectivity index (χ1n) is 6.12. The Kier molecular flexibility index (Phi) is 5.03. The van der Waals surface area contributed by atoms with Crippen LogP contribution >= 0.6 is 0 Å². The minimum atomic E-state index is 0.288. The first-order valence-corrected chi connectivity index (χ1v) is 6.12. The monoisotopic (exact) mass is 214 g/mol. The zero-order chi connectivity index (χ0) is 11.4. The second-order valence-electron chi connectivity index (χ2n) is 4.85. The SMILES string of the molecule is CCC(N)C(C)N1CCC(C)C(OC)C1. The molecule has 90 valence electrons. The van der Waals surface area contributed by atoms with Crippen molar-refractivity contribution in [2.24, 2.45) is 11.7 Å². The molecule has 2 N–H and O–H groups in total. The smallest absolute Gasteiger partial charge is 0.0724 e. The van der Waals surface area contributed by atoms with Gasteiger partial charge < -0.3 is 10.5 Å². The normalized spacial score (nSPS) is 32.6. The van der Waals surface area contributed by atoms with E-state index >= 15 is 0 Å². The van der Waals surface area contributed by atoms with Crippen LogP contribution in [-0.4, -0.2) is 43.3 Å². The molecule has 0 amide bonds. The zero-order valence-corrected chi connectivity index (χ0v) is 10.6. The summed E-state index contributed by atoms with van der Waals surface area (Å²) in [6, 6.07) is 0.760. The van der Waals surface area contributed by atoms with E-state index in [2.05, 4.69) is 25.7 Å². The van der Waals surface area contributed by atoms with Gasteiger partial charge in [0.15, 0.2) is 0 Å². The Labute approximate surface area is 94.0 Å². The zero-order valence-electron chi connectivity index (χ0n) is 10.6. The van der Waals surface area contributed by atoms with Crippen molar-refractivity contribution in [1.82, 2.24) is 4.90 Å². The van der Waals surface area contributed by atoms with Gasteiger partial charge in [-0.2, -0.15) is 0 Å². The average molecular weight is 214 g/mol. The van der Waals surface area contributed by atoms with Gasteiger partial charge in [-0.15, -0.1) is 0 Å². The van der Waals surface area contributed by atoms with Gasteiger partial charge in [-0.25, -0.2) is 0 Å². The van der Waals surface area contributed by atoms with Crippen LogP contribution in [-0.2, 0) is 4.74 Å². The molecule has 1 fully saturated rings. The molecule has 4 atom stereocenters. The summed E-state index contributed by atoms with van der Waals surface area (Å²) in [4.78, 5) is 2.47. The number of ether oxygens (including phenoxy) is 1. The Hall–Kier alpha value is -0.120. The largest absolute Gasteiger partial charge is 0.380 e. The number of nitrogens with two attached hydrogens (primary N) is 1. The van der Waals surface area contributed by atoms with Crippen LogP contribution in [0.5, 0.6) is 0 Å². The topological polar surface area (TPSA) is 38.5 Å². The number of likely N-dealkylation sites (tertiary alicyclic amines) is 1. The van der Waals surface area contributed by atoms with Crippen molar-refractivity contribution in [2.45, 2.75) is 51.8 Å². The van der Waals surface area contributed by atoms with E-state index < -0.39 is 0 Å². The second-order valence-corrected chi connectivity index (χ2v) is 4.85. The maximum absolute atomic E-state index is 6.09. The van der Waals surface area contributed by atoms with Gasteiger partial charge in [0, 0.05) is 25.7 Å². The first kappa shape index (κ1) is 12.9. The highest BCUT2D eigenvalue weighted by molar-refractivity contribution is 4.85. The molecule has 1 heterocycles. The molecule has 0 aromatic heterocycles. The quantitative estimate of drug-likeness (QED) is 0.770. The first-order chi connectivity index (χ1) is 7.10. The predicted molar refractivity (Wildman–Crippen MR) is 63.9 cm³/mol. The molecule has 0 bridgehead atoms. The highest BCUT2D eigenvalue weighted by Gasteiger charge is 2.30. The van der Waals surface area contributed by atoms with Crippen LogP contribution in [0.2, 0.25) is 0 Å². The van der Waals surface area contributed by atoms with Gasteiger partial charge in [0.1, 0.15) is 0 Å². The Bertz CT molecular complexity index is 186. The molecular weight excluding hydrogens is 188 g/mol. The second kappa shape index (κ2) is 5.83. The molecule has 15 heavy (non-hydrogen) atoms. The van der Waals surface area contributed by atoms with E-state index in [4.69, 9.17) is 10.5 Å². The minimum Gasteiger partial charge on any atom is -0.380 e. The van der Waals surface area contributed by atoms with Gasteiger partial charge in [0.05, 0.1) is 6.10 Å². The van der Waals surface area contributed by atoms with Gasteiger partial charge in [0.2, 0.25) is 0 Å². The van der Waals surface area contributed by atoms with Crippen LogP contribution in [0.4, 0.5) is 0 Å². The van der Waals surface area contributed by atoms with Crippen LogP contribution in [0.1, 0.15) is 33.6 Å². The molecule has 0 aromatic rings. The van der Waals surface area contributed by atoms with E-state index in [1.54, 1.807) is 0 Å². The van der Waals surface area contributed by atoms with Crippen LogP contribution in [0.3, 0.4) is 0 Å². The van der Waals surface area contributed by atoms with Crippen LogP contribution in [0.15, 0.2) is 0 Å². The Morgan fingerprint density at radius 3 is 2.73 bits per heavy atom. The molecule has 0 radical (unpaired) electrons. The highest BCUT2D eigenvalue weighted by Crippen LogP contribution is 2.22. The Morgan fingerprint density at radius 2 is 2.20 bits per heavy atom. The molecule has 1 saturated heterocycles. The third-order valence-electron chi connectivity index (χ3n) is 3.89. The summed E-state index contributed by atoms with van der Waals surface area (Å²) in [5, 5.41) is 0. The number of methoxy groups -OCH3 is 1. The third kappa shape index (κ3) is 3.16. The predicted octanol–water partition coefficient (Wildman–Crippen LogP) is 1.47. The summed E-state index contributed by atoms with van der Waals surface area (Å²) in [7, 11) is 1.81. The van der Waals surface area contributed by atoms with E-state index in [9.17, 15) is 0 Å². The van der Waals surface area contributed by atoms with Crippen molar-refractivity contribution in [3.63, 3.8) is 0 Å². The summed E-state index contributed by atoms with van der Waals surface area (Å²) in [6.45, 7) is 8.86. The molecule has 0 aliphatic carbocycles. The fourth-order valence-corrected chi connectivity index (χ4v) is 2.35. The summed E-state index contributed by atoms with van der Waals surface area (Å²) in [6.07, 6.45) is 2.65. The maximum Gasteiger partial charge on any atom is 0.0724 e. The summed E-state index contributed by atoms with van der Waals surface area (Å²) in [5.74, 6) is 0.677. The van der Waals surface area contributed by atoms with Crippen molar-refractivity contribution in [3.8, 4) is 0 Å². The number of hydrogen-bond acceptors (Lipinski definition) is 3. The Morgan fingerprint density at radius 1 is 1.53 bits per heavy atom. The molecular formula is C12H26N2O. The number of hydrogen-bond donors (Lipinski definition) is 1. The molecule has 4 unspecified atom stereocenters. The van der Waals surface area contributed by atoms with Crippen molar-refractivity contribution in [2.75, 3.05) is 20.2 Å². The van der Waals surface area contributed by atoms with Crippen LogP contribution in [0, 0.1) is 5.92 Å². The van der Waals surface area contributed by atoms with Gasteiger partial charge in [-0.1, -0.05) is 13.8 Å². The van der Waals surface area contributed by atoms with Crippen molar-refractivity contribution in [3.05, 3.63) is 0 Å². The van der Waals surface area contributed by atoms with E-state index in [0.717, 1.165) is 19.5 Å². The van der Waals surface area contributed by atoms with Gasteiger partial charge in [-0.05, 0) is 32.2 Å². The molecule has 0 saturated carbocycles. The lowest BCUT2D eigenvalue weighted by molar-refractivity contribution is -0.0200. The maximum atomic E-state index is 6.09. The standard InChI is InChI=1S/C12H26N2O/c1-5-11(13)10(3)14-7-6-9(2)12(8-14)15-4/h9-12H,5-8,13H2,1-4H3. The van der Waals surface area contributed by atoms with Gasteiger partial charge >= 0.3 is 0 Å². The van der Waals surface area contributed by atoms with Crippen LogP contribution < -0.4 is 5.73 Å². The number of nitrogens with zero attached hydrogens (tertiary/aromatic N) is 1. The van der Waals surface area contributed by atoms with Crippen LogP contribution in [0.25, 0.3) is 0 Å². The van der Waals surface area contributed by atoms with Gasteiger partial charge in [-0.3, -0.25) is 4.90 Å². The molecule has 0 spiro atoms. The highest BCUT2D eigenvalue weighted by atomic mass is 16.5. The van der Waals surface area contributed by atoms with Crippen molar-refractivity contribution in [1.29, 1.82) is 0 Å². The van der Waals surface area contributed by atoms with E-state index in [1.165, 1.54) is 6.42 Å². The van der Waals surface area contributed by atoms with E-state index in [1.807, 2.05) is 7.11 Å². The molecule has 3 nitrogen and oxygen atoms in total. The third-order valence-corrected chi connectivity index (χ3v) is 3.89. The number of piperidine rings is 1. The minimum absolute atomic E-state index is 0.288.